The van der Waals surface area contributed by atoms with Crippen LogP contribution >= 0.6 is 15.9 Å². The van der Waals surface area contributed by atoms with Crippen molar-refractivity contribution < 1.29 is 14.6 Å². The largest absolute Gasteiger partial charge is 0.454 e. The zero-order chi connectivity index (χ0) is 11.8. The highest BCUT2D eigenvalue weighted by Crippen LogP contribution is 2.40. The van der Waals surface area contributed by atoms with Crippen molar-refractivity contribution in [2.24, 2.45) is 0 Å². The number of nitrogens with one attached hydrogen (secondary N) is 1. The second-order valence-corrected chi connectivity index (χ2v) is 5.37. The van der Waals surface area contributed by atoms with E-state index in [0.717, 1.165) is 40.9 Å². The van der Waals surface area contributed by atoms with Crippen molar-refractivity contribution in [3.63, 3.8) is 0 Å². The monoisotopic (exact) mass is 299 g/mol. The summed E-state index contributed by atoms with van der Waals surface area (Å²) in [5, 5.41) is 12.6. The van der Waals surface area contributed by atoms with Crippen molar-refractivity contribution in [2.45, 2.75) is 31.5 Å². The van der Waals surface area contributed by atoms with Gasteiger partial charge in [0, 0.05) is 12.6 Å². The Labute approximate surface area is 108 Å². The van der Waals surface area contributed by atoms with Crippen LogP contribution in [0.15, 0.2) is 16.6 Å². The Hall–Kier alpha value is -0.780. The molecule has 1 saturated carbocycles. The molecule has 0 radical (unpaired) electrons. The molecule has 0 saturated heterocycles. The third kappa shape index (κ3) is 2.27. The van der Waals surface area contributed by atoms with Crippen LogP contribution in [-0.4, -0.2) is 24.0 Å². The van der Waals surface area contributed by atoms with Gasteiger partial charge in [0.25, 0.3) is 0 Å². The number of benzene rings is 1. The van der Waals surface area contributed by atoms with Crippen LogP contribution in [-0.2, 0) is 6.54 Å². The third-order valence-electron chi connectivity index (χ3n) is 3.20. The first kappa shape index (κ1) is 11.3. The molecule has 1 fully saturated rings. The van der Waals surface area contributed by atoms with E-state index in [-0.39, 0.29) is 6.10 Å². The van der Waals surface area contributed by atoms with Gasteiger partial charge in [0.2, 0.25) is 6.79 Å². The average molecular weight is 300 g/mol. The number of halogens is 1. The first-order valence-corrected chi connectivity index (χ1v) is 6.51. The smallest absolute Gasteiger partial charge is 0.231 e. The van der Waals surface area contributed by atoms with E-state index < -0.39 is 0 Å². The van der Waals surface area contributed by atoms with E-state index in [1.54, 1.807) is 0 Å². The Morgan fingerprint density at radius 1 is 1.35 bits per heavy atom. The van der Waals surface area contributed by atoms with Gasteiger partial charge in [-0.25, -0.2) is 0 Å². The van der Waals surface area contributed by atoms with Crippen LogP contribution in [0.25, 0.3) is 0 Å². The van der Waals surface area contributed by atoms with E-state index >= 15 is 0 Å². The fourth-order valence-corrected chi connectivity index (χ4v) is 2.74. The fourth-order valence-electron chi connectivity index (χ4n) is 2.14. The SMILES string of the molecule is OC1CC(NCc2cc(Br)c3c(c2)OCO3)C1. The highest BCUT2D eigenvalue weighted by molar-refractivity contribution is 9.10. The standard InChI is InChI=1S/C12H14BrNO3/c13-10-1-7(2-11-12(10)17-6-16-11)5-14-8-3-9(15)4-8/h1-2,8-9,14-15H,3-6H2. The van der Waals surface area contributed by atoms with Gasteiger partial charge in [-0.15, -0.1) is 0 Å². The number of hydrogen-bond acceptors (Lipinski definition) is 4. The van der Waals surface area contributed by atoms with Gasteiger partial charge >= 0.3 is 0 Å². The van der Waals surface area contributed by atoms with E-state index in [0.29, 0.717) is 12.8 Å². The average Bonchev–Trinajstić information content (AvgIpc) is 2.71. The Morgan fingerprint density at radius 2 is 2.18 bits per heavy atom. The minimum absolute atomic E-state index is 0.115. The maximum absolute atomic E-state index is 9.20. The van der Waals surface area contributed by atoms with Crippen molar-refractivity contribution in [3.05, 3.63) is 22.2 Å². The summed E-state index contributed by atoms with van der Waals surface area (Å²) in [6, 6.07) is 4.47. The minimum Gasteiger partial charge on any atom is -0.454 e. The van der Waals surface area contributed by atoms with Crippen LogP contribution in [0.3, 0.4) is 0 Å². The van der Waals surface area contributed by atoms with Crippen molar-refractivity contribution in [1.29, 1.82) is 0 Å². The number of aliphatic hydroxyl groups is 1. The van der Waals surface area contributed by atoms with Gasteiger partial charge in [-0.2, -0.15) is 0 Å². The quantitative estimate of drug-likeness (QED) is 0.893. The van der Waals surface area contributed by atoms with Crippen molar-refractivity contribution in [1.82, 2.24) is 5.32 Å². The summed E-state index contributed by atoms with van der Waals surface area (Å²) in [5.74, 6) is 1.58. The van der Waals surface area contributed by atoms with E-state index in [2.05, 4.69) is 21.2 Å². The lowest BCUT2D eigenvalue weighted by atomic mass is 9.89. The molecule has 1 aliphatic heterocycles. The van der Waals surface area contributed by atoms with E-state index in [1.165, 1.54) is 0 Å². The Morgan fingerprint density at radius 3 is 2.94 bits per heavy atom. The normalized spacial score (nSPS) is 25.8. The Balaban J connectivity index is 1.65. The van der Waals surface area contributed by atoms with Crippen LogP contribution in [0, 0.1) is 0 Å². The highest BCUT2D eigenvalue weighted by Gasteiger charge is 2.26. The van der Waals surface area contributed by atoms with Crippen LogP contribution in [0.2, 0.25) is 0 Å². The van der Waals surface area contributed by atoms with Crippen LogP contribution in [0.1, 0.15) is 18.4 Å². The van der Waals surface area contributed by atoms with Gasteiger partial charge in [-0.3, -0.25) is 0 Å². The van der Waals surface area contributed by atoms with Gasteiger partial charge in [0.05, 0.1) is 10.6 Å². The number of aliphatic hydroxyl groups excluding tert-OH is 1. The number of hydrogen-bond donors (Lipinski definition) is 2. The Bertz CT molecular complexity index is 432. The summed E-state index contributed by atoms with van der Waals surface area (Å²) in [7, 11) is 0. The molecule has 0 spiro atoms. The third-order valence-corrected chi connectivity index (χ3v) is 3.78. The molecular weight excluding hydrogens is 286 g/mol. The number of fused-ring (bicyclic) bond motifs is 1. The maximum Gasteiger partial charge on any atom is 0.231 e. The molecule has 2 N–H and O–H groups in total. The molecule has 1 aliphatic carbocycles. The molecule has 0 amide bonds. The molecule has 3 rings (SSSR count). The Kier molecular flexibility index (Phi) is 2.98. The molecule has 0 bridgehead atoms. The summed E-state index contributed by atoms with van der Waals surface area (Å²) in [6.45, 7) is 1.08. The molecule has 0 atom stereocenters. The lowest BCUT2D eigenvalue weighted by Crippen LogP contribution is -2.43. The lowest BCUT2D eigenvalue weighted by molar-refractivity contribution is 0.0619. The summed E-state index contributed by atoms with van der Waals surface area (Å²) < 4.78 is 11.6. The van der Waals surface area contributed by atoms with Crippen LogP contribution in [0.5, 0.6) is 11.5 Å². The minimum atomic E-state index is -0.115. The number of rotatable bonds is 3. The zero-order valence-electron chi connectivity index (χ0n) is 9.28. The molecule has 2 aliphatic rings. The zero-order valence-corrected chi connectivity index (χ0v) is 10.9. The van der Waals surface area contributed by atoms with E-state index in [1.807, 2.05) is 12.1 Å². The van der Waals surface area contributed by atoms with Crippen LogP contribution in [0.4, 0.5) is 0 Å². The molecule has 0 aromatic heterocycles. The molecule has 4 nitrogen and oxygen atoms in total. The molecule has 17 heavy (non-hydrogen) atoms. The fraction of sp³-hybridized carbons (Fsp3) is 0.500. The van der Waals surface area contributed by atoms with Crippen molar-refractivity contribution in [2.75, 3.05) is 6.79 Å². The van der Waals surface area contributed by atoms with Crippen molar-refractivity contribution in [3.8, 4) is 11.5 Å². The summed E-state index contributed by atoms with van der Waals surface area (Å²) in [6.07, 6.45) is 1.59. The number of ether oxygens (including phenoxy) is 2. The maximum atomic E-state index is 9.20. The molecule has 1 aromatic rings. The predicted molar refractivity (Wildman–Crippen MR) is 66.1 cm³/mol. The van der Waals surface area contributed by atoms with Crippen LogP contribution < -0.4 is 14.8 Å². The summed E-state index contributed by atoms with van der Waals surface area (Å²) in [4.78, 5) is 0. The molecule has 1 aromatic carbocycles. The first-order valence-electron chi connectivity index (χ1n) is 5.72. The molecule has 92 valence electrons. The van der Waals surface area contributed by atoms with Gasteiger partial charge in [0.15, 0.2) is 11.5 Å². The first-order chi connectivity index (χ1) is 8.22. The van der Waals surface area contributed by atoms with Crippen molar-refractivity contribution >= 4 is 15.9 Å². The molecule has 5 heteroatoms. The molecule has 1 heterocycles. The predicted octanol–water partition coefficient (Wildman–Crippen LogP) is 1.79. The molecule has 0 unspecified atom stereocenters. The second kappa shape index (κ2) is 4.48. The lowest BCUT2D eigenvalue weighted by Gasteiger charge is -2.32. The van der Waals surface area contributed by atoms with Gasteiger partial charge in [0.1, 0.15) is 0 Å². The topological polar surface area (TPSA) is 50.7 Å². The van der Waals surface area contributed by atoms with E-state index in [9.17, 15) is 5.11 Å². The highest BCUT2D eigenvalue weighted by atomic mass is 79.9. The summed E-state index contributed by atoms with van der Waals surface area (Å²) in [5.41, 5.74) is 1.16. The molecular formula is C12H14BrNO3. The second-order valence-electron chi connectivity index (χ2n) is 4.51. The summed E-state index contributed by atoms with van der Waals surface area (Å²) >= 11 is 3.47. The van der Waals surface area contributed by atoms with Gasteiger partial charge < -0.3 is 19.9 Å². The van der Waals surface area contributed by atoms with E-state index in [4.69, 9.17) is 9.47 Å². The van der Waals surface area contributed by atoms with Gasteiger partial charge in [-0.05, 0) is 46.5 Å². The van der Waals surface area contributed by atoms with Gasteiger partial charge in [-0.1, -0.05) is 0 Å².